The van der Waals surface area contributed by atoms with Gasteiger partial charge in [-0.05, 0) is 44.0 Å². The summed E-state index contributed by atoms with van der Waals surface area (Å²) >= 11 is 16.8. The largest absolute Gasteiger partial charge is 0.445 e. The number of nitrogens with one attached hydrogen (secondary N) is 2. The molecule has 0 aliphatic heterocycles. The lowest BCUT2D eigenvalue weighted by atomic mass is 10.1. The van der Waals surface area contributed by atoms with Gasteiger partial charge in [-0.25, -0.2) is 19.7 Å². The third kappa shape index (κ3) is 6.53. The number of carbonyl (C=O) groups excluding carboxylic acids is 2. The van der Waals surface area contributed by atoms with Gasteiger partial charge in [0.25, 0.3) is 0 Å². The highest BCUT2D eigenvalue weighted by Gasteiger charge is 2.29. The number of alkyl halides is 3. The Morgan fingerprint density at radius 2 is 1.85 bits per heavy atom. The van der Waals surface area contributed by atoms with Crippen molar-refractivity contribution in [2.24, 2.45) is 5.92 Å². The van der Waals surface area contributed by atoms with Crippen molar-refractivity contribution in [1.82, 2.24) is 19.9 Å². The Labute approximate surface area is 210 Å². The first-order valence-electron chi connectivity index (χ1n) is 10.3. The molecule has 3 aromatic heterocycles. The second kappa shape index (κ2) is 10.1. The van der Waals surface area contributed by atoms with Crippen molar-refractivity contribution in [2.75, 3.05) is 17.2 Å². The number of carbonyl (C=O) groups is 2. The molecule has 1 saturated carbocycles. The van der Waals surface area contributed by atoms with Crippen molar-refractivity contribution < 1.29 is 14.3 Å². The van der Waals surface area contributed by atoms with E-state index in [4.69, 9.17) is 39.5 Å². The molecule has 1 aliphatic rings. The molecule has 2 amide bonds. The highest BCUT2D eigenvalue weighted by molar-refractivity contribution is 6.67. The van der Waals surface area contributed by atoms with Crippen LogP contribution in [-0.2, 0) is 9.53 Å². The van der Waals surface area contributed by atoms with Gasteiger partial charge in [0.2, 0.25) is 9.70 Å². The molecule has 0 spiro atoms. The molecular formula is C22H19Cl3N6O3. The number of hydrogen-bond acceptors (Lipinski definition) is 7. The summed E-state index contributed by atoms with van der Waals surface area (Å²) in [6, 6.07) is 6.98. The lowest BCUT2D eigenvalue weighted by Gasteiger charge is -2.13. The van der Waals surface area contributed by atoms with E-state index in [1.165, 1.54) is 6.20 Å². The lowest BCUT2D eigenvalue weighted by Crippen LogP contribution is -2.21. The van der Waals surface area contributed by atoms with E-state index in [0.717, 1.165) is 18.4 Å². The SMILES string of the molecule is Cc1ncc(NC(=O)OCC(Cl)(Cl)Cl)cc1-c1nccc(-c2ccnc(NC(=O)C3CC3)c2)n1. The normalized spacial score (nSPS) is 13.3. The molecule has 3 heterocycles. The van der Waals surface area contributed by atoms with Gasteiger partial charge in [0.15, 0.2) is 5.82 Å². The summed E-state index contributed by atoms with van der Waals surface area (Å²) < 4.78 is 3.17. The summed E-state index contributed by atoms with van der Waals surface area (Å²) in [6.45, 7) is 1.39. The van der Waals surface area contributed by atoms with Crippen molar-refractivity contribution in [2.45, 2.75) is 23.6 Å². The van der Waals surface area contributed by atoms with E-state index in [2.05, 4.69) is 30.6 Å². The Morgan fingerprint density at radius 3 is 2.59 bits per heavy atom. The zero-order chi connectivity index (χ0) is 24.3. The number of ether oxygens (including phenoxy) is 1. The Balaban J connectivity index is 1.54. The number of rotatable bonds is 6. The molecule has 9 nitrogen and oxygen atoms in total. The van der Waals surface area contributed by atoms with E-state index in [-0.39, 0.29) is 11.8 Å². The number of aromatic nitrogens is 4. The second-order valence-electron chi connectivity index (χ2n) is 7.63. The molecular weight excluding hydrogens is 503 g/mol. The van der Waals surface area contributed by atoms with Gasteiger partial charge in [-0.3, -0.25) is 15.1 Å². The molecule has 2 N–H and O–H groups in total. The third-order valence-corrected chi connectivity index (χ3v) is 5.18. The maximum absolute atomic E-state index is 12.1. The average Bonchev–Trinajstić information content (AvgIpc) is 3.65. The van der Waals surface area contributed by atoms with Gasteiger partial charge in [-0.2, -0.15) is 0 Å². The van der Waals surface area contributed by atoms with Gasteiger partial charge in [-0.15, -0.1) is 0 Å². The van der Waals surface area contributed by atoms with Gasteiger partial charge in [0, 0.05) is 35.1 Å². The van der Waals surface area contributed by atoms with E-state index in [0.29, 0.717) is 34.3 Å². The minimum Gasteiger partial charge on any atom is -0.445 e. The van der Waals surface area contributed by atoms with Gasteiger partial charge in [0.1, 0.15) is 12.4 Å². The Hall–Kier alpha value is -3.01. The molecule has 1 fully saturated rings. The van der Waals surface area contributed by atoms with Crippen LogP contribution < -0.4 is 10.6 Å². The molecule has 176 valence electrons. The molecule has 0 saturated heterocycles. The predicted octanol–water partition coefficient (Wildman–Crippen LogP) is 5.18. The maximum atomic E-state index is 12.1. The molecule has 0 aromatic carbocycles. The van der Waals surface area contributed by atoms with Crippen LogP contribution in [0.4, 0.5) is 16.3 Å². The first kappa shape index (κ1) is 24.1. The smallest absolute Gasteiger partial charge is 0.411 e. The molecule has 1 aliphatic carbocycles. The topological polar surface area (TPSA) is 119 Å². The van der Waals surface area contributed by atoms with Crippen LogP contribution in [0, 0.1) is 12.8 Å². The van der Waals surface area contributed by atoms with Crippen molar-refractivity contribution in [3.8, 4) is 22.6 Å². The summed E-state index contributed by atoms with van der Waals surface area (Å²) in [5, 5.41) is 5.37. The van der Waals surface area contributed by atoms with Crippen LogP contribution in [0.1, 0.15) is 18.5 Å². The zero-order valence-corrected chi connectivity index (χ0v) is 20.2. The van der Waals surface area contributed by atoms with Gasteiger partial charge >= 0.3 is 6.09 Å². The lowest BCUT2D eigenvalue weighted by molar-refractivity contribution is -0.117. The quantitative estimate of drug-likeness (QED) is 0.429. The molecule has 0 unspecified atom stereocenters. The van der Waals surface area contributed by atoms with Crippen LogP contribution >= 0.6 is 34.8 Å². The minimum atomic E-state index is -1.71. The minimum absolute atomic E-state index is 0.0219. The first-order chi connectivity index (χ1) is 16.2. The highest BCUT2D eigenvalue weighted by Crippen LogP contribution is 2.31. The summed E-state index contributed by atoms with van der Waals surface area (Å²) in [7, 11) is 0. The number of nitrogens with zero attached hydrogens (tertiary/aromatic N) is 4. The Morgan fingerprint density at radius 1 is 1.09 bits per heavy atom. The van der Waals surface area contributed by atoms with Crippen molar-refractivity contribution in [1.29, 1.82) is 0 Å². The number of halogens is 3. The summed E-state index contributed by atoms with van der Waals surface area (Å²) in [6.07, 6.45) is 5.72. The van der Waals surface area contributed by atoms with Crippen molar-refractivity contribution in [3.05, 3.63) is 48.5 Å². The third-order valence-electron chi connectivity index (χ3n) is 4.85. The molecule has 0 radical (unpaired) electrons. The van der Waals surface area contributed by atoms with Crippen LogP contribution in [0.15, 0.2) is 42.9 Å². The van der Waals surface area contributed by atoms with Gasteiger partial charge in [0.05, 0.1) is 17.6 Å². The van der Waals surface area contributed by atoms with E-state index < -0.39 is 16.5 Å². The van der Waals surface area contributed by atoms with Gasteiger partial charge in [-0.1, -0.05) is 34.8 Å². The van der Waals surface area contributed by atoms with Crippen LogP contribution in [-0.4, -0.2) is 42.3 Å². The van der Waals surface area contributed by atoms with Gasteiger partial charge < -0.3 is 10.1 Å². The number of amides is 2. The monoisotopic (exact) mass is 520 g/mol. The fraction of sp³-hybridized carbons (Fsp3) is 0.273. The summed E-state index contributed by atoms with van der Waals surface area (Å²) in [5.41, 5.74) is 3.02. The fourth-order valence-electron chi connectivity index (χ4n) is 3.01. The number of aryl methyl sites for hydroxylation is 1. The average molecular weight is 522 g/mol. The number of pyridine rings is 2. The summed E-state index contributed by atoms with van der Waals surface area (Å²) in [4.78, 5) is 41.6. The number of hydrogen-bond donors (Lipinski definition) is 2. The number of anilines is 2. The second-order valence-corrected chi connectivity index (χ2v) is 10.1. The Bertz CT molecular complexity index is 1230. The fourth-order valence-corrected chi connectivity index (χ4v) is 3.17. The Kier molecular flexibility index (Phi) is 7.16. The van der Waals surface area contributed by atoms with Crippen LogP contribution in [0.5, 0.6) is 0 Å². The maximum Gasteiger partial charge on any atom is 0.411 e. The molecule has 34 heavy (non-hydrogen) atoms. The molecule has 0 bridgehead atoms. The van der Waals surface area contributed by atoms with Crippen LogP contribution in [0.2, 0.25) is 0 Å². The molecule has 3 aromatic rings. The molecule has 4 rings (SSSR count). The summed E-state index contributed by atoms with van der Waals surface area (Å²) in [5.74, 6) is 0.923. The molecule has 0 atom stereocenters. The molecule has 12 heteroatoms. The van der Waals surface area contributed by atoms with E-state index in [1.807, 2.05) is 0 Å². The first-order valence-corrected chi connectivity index (χ1v) is 11.4. The standard InChI is InChI=1S/C22H19Cl3N6O3/c1-12-16(9-15(10-28-12)29-21(33)34-11-22(23,24)25)19-27-7-5-17(30-19)14-4-6-26-18(8-14)31-20(32)13-2-3-13/h4-10,13H,2-3,11H2,1H3,(H,29,33)(H,26,31,32). The van der Waals surface area contributed by atoms with E-state index in [9.17, 15) is 9.59 Å². The highest BCUT2D eigenvalue weighted by atomic mass is 35.6. The zero-order valence-electron chi connectivity index (χ0n) is 17.9. The van der Waals surface area contributed by atoms with Crippen molar-refractivity contribution >= 4 is 58.3 Å². The van der Waals surface area contributed by atoms with Crippen LogP contribution in [0.25, 0.3) is 22.6 Å². The van der Waals surface area contributed by atoms with Crippen LogP contribution in [0.3, 0.4) is 0 Å². The van der Waals surface area contributed by atoms with E-state index in [1.54, 1.807) is 43.6 Å². The predicted molar refractivity (Wildman–Crippen MR) is 130 cm³/mol. The van der Waals surface area contributed by atoms with Crippen molar-refractivity contribution in [3.63, 3.8) is 0 Å². The van der Waals surface area contributed by atoms with E-state index >= 15 is 0 Å².